The van der Waals surface area contributed by atoms with Gasteiger partial charge in [-0.15, -0.1) is 0 Å². The highest BCUT2D eigenvalue weighted by Gasteiger charge is 1.82. The Kier molecular flexibility index (Phi) is 5.70. The smallest absolute Gasteiger partial charge is 0.00661 e. The predicted molar refractivity (Wildman–Crippen MR) is 51.6 cm³/mol. The minimum atomic E-state index is 1.06. The lowest BCUT2D eigenvalue weighted by atomic mass is 10.2. The quantitative estimate of drug-likeness (QED) is 0.484. The molecule has 0 aliphatic carbocycles. The van der Waals surface area contributed by atoms with Gasteiger partial charge in [0.25, 0.3) is 0 Å². The van der Waals surface area contributed by atoms with E-state index in [1.54, 1.807) is 0 Å². The maximum Gasteiger partial charge on any atom is 0.00661 e. The van der Waals surface area contributed by atoms with Gasteiger partial charge in [0.05, 0.1) is 0 Å². The van der Waals surface area contributed by atoms with E-state index in [2.05, 4.69) is 48.9 Å². The first-order chi connectivity index (χ1) is 4.66. The Morgan fingerprint density at radius 1 is 1.30 bits per heavy atom. The van der Waals surface area contributed by atoms with Crippen LogP contribution in [0.3, 0.4) is 0 Å². The van der Waals surface area contributed by atoms with Crippen LogP contribution in [0.2, 0.25) is 0 Å². The van der Waals surface area contributed by atoms with Crippen LogP contribution in [0.1, 0.15) is 27.2 Å². The monoisotopic (exact) mass is 202 g/mol. The van der Waals surface area contributed by atoms with Crippen molar-refractivity contribution < 1.29 is 0 Å². The number of halogens is 1. The second-order valence-corrected chi connectivity index (χ2v) is 3.44. The molecule has 0 heterocycles. The minimum absolute atomic E-state index is 1.06. The van der Waals surface area contributed by atoms with E-state index in [0.29, 0.717) is 0 Å². The highest BCUT2D eigenvalue weighted by molar-refractivity contribution is 9.09. The fraction of sp³-hybridized carbons (Fsp3) is 0.556. The number of hydrogen-bond donors (Lipinski definition) is 0. The normalized spacial score (nSPS) is 11.4. The molecule has 0 aromatic rings. The molecule has 0 aliphatic rings. The lowest BCUT2D eigenvalue weighted by molar-refractivity contribution is 1.22. The first-order valence-corrected chi connectivity index (χ1v) is 4.66. The number of allylic oxidation sites excluding steroid dienone is 4. The van der Waals surface area contributed by atoms with Gasteiger partial charge in [-0.1, -0.05) is 39.2 Å². The van der Waals surface area contributed by atoms with Crippen molar-refractivity contribution in [3.8, 4) is 0 Å². The van der Waals surface area contributed by atoms with Crippen molar-refractivity contribution in [2.45, 2.75) is 27.2 Å². The molecule has 0 bridgehead atoms. The zero-order valence-electron chi connectivity index (χ0n) is 6.95. The van der Waals surface area contributed by atoms with Crippen LogP contribution in [0.4, 0.5) is 0 Å². The molecule has 0 unspecified atom stereocenters. The summed E-state index contributed by atoms with van der Waals surface area (Å²) in [6, 6.07) is 0. The fourth-order valence-electron chi connectivity index (χ4n) is 0.796. The first-order valence-electron chi connectivity index (χ1n) is 3.54. The summed E-state index contributed by atoms with van der Waals surface area (Å²) in [4.78, 5) is 0. The average molecular weight is 203 g/mol. The van der Waals surface area contributed by atoms with Crippen molar-refractivity contribution >= 4 is 15.9 Å². The average Bonchev–Trinajstić information content (AvgIpc) is 1.82. The maximum atomic E-state index is 3.38. The van der Waals surface area contributed by atoms with Crippen molar-refractivity contribution in [1.29, 1.82) is 0 Å². The van der Waals surface area contributed by atoms with Gasteiger partial charge < -0.3 is 0 Å². The summed E-state index contributed by atoms with van der Waals surface area (Å²) in [5, 5.41) is 1.06. The lowest BCUT2D eigenvalue weighted by Gasteiger charge is -1.92. The summed E-state index contributed by atoms with van der Waals surface area (Å²) in [6.45, 7) is 6.37. The molecule has 0 fully saturated rings. The third-order valence-corrected chi connectivity index (χ3v) is 1.55. The molecule has 0 atom stereocenters. The van der Waals surface area contributed by atoms with Gasteiger partial charge in [0, 0.05) is 5.33 Å². The van der Waals surface area contributed by atoms with E-state index >= 15 is 0 Å². The highest BCUT2D eigenvalue weighted by atomic mass is 79.9. The Hall–Kier alpha value is -0.0400. The zero-order valence-corrected chi connectivity index (χ0v) is 8.53. The van der Waals surface area contributed by atoms with Gasteiger partial charge in [-0.25, -0.2) is 0 Å². The standard InChI is InChI=1S/C9H15Br/c1-8(2)7-9(3)5-4-6-10/h5,7H,4,6H2,1-3H3. The number of hydrogen-bond acceptors (Lipinski definition) is 0. The minimum Gasteiger partial charge on any atom is -0.0925 e. The van der Waals surface area contributed by atoms with E-state index in [1.807, 2.05) is 0 Å². The summed E-state index contributed by atoms with van der Waals surface area (Å²) < 4.78 is 0. The Labute approximate surface area is 72.1 Å². The topological polar surface area (TPSA) is 0 Å². The second kappa shape index (κ2) is 5.72. The highest BCUT2D eigenvalue weighted by Crippen LogP contribution is 2.02. The van der Waals surface area contributed by atoms with E-state index in [1.165, 1.54) is 11.1 Å². The molecule has 58 valence electrons. The van der Waals surface area contributed by atoms with Gasteiger partial charge >= 0.3 is 0 Å². The SMILES string of the molecule is CC(C)=CC(C)=CCCBr. The molecule has 0 rings (SSSR count). The van der Waals surface area contributed by atoms with Gasteiger partial charge in [-0.3, -0.25) is 0 Å². The van der Waals surface area contributed by atoms with Crippen molar-refractivity contribution in [3.05, 3.63) is 23.3 Å². The molecule has 0 amide bonds. The molecule has 0 saturated heterocycles. The fourth-order valence-corrected chi connectivity index (χ4v) is 1.03. The van der Waals surface area contributed by atoms with Crippen molar-refractivity contribution in [1.82, 2.24) is 0 Å². The number of alkyl halides is 1. The predicted octanol–water partition coefficient (Wildman–Crippen LogP) is 3.68. The Morgan fingerprint density at radius 3 is 2.30 bits per heavy atom. The largest absolute Gasteiger partial charge is 0.0925 e. The van der Waals surface area contributed by atoms with Crippen LogP contribution in [-0.2, 0) is 0 Å². The Bertz CT molecular complexity index is 139. The molecule has 1 heteroatoms. The second-order valence-electron chi connectivity index (χ2n) is 2.65. The van der Waals surface area contributed by atoms with Crippen molar-refractivity contribution in [2.75, 3.05) is 5.33 Å². The summed E-state index contributed by atoms with van der Waals surface area (Å²) in [6.07, 6.45) is 5.56. The van der Waals surface area contributed by atoms with Crippen LogP contribution in [0.15, 0.2) is 23.3 Å². The van der Waals surface area contributed by atoms with Crippen LogP contribution in [0, 0.1) is 0 Å². The molecule has 0 saturated carbocycles. The molecule has 0 aromatic carbocycles. The molecule has 0 N–H and O–H groups in total. The van der Waals surface area contributed by atoms with E-state index < -0.39 is 0 Å². The maximum absolute atomic E-state index is 3.38. The van der Waals surface area contributed by atoms with Crippen molar-refractivity contribution in [3.63, 3.8) is 0 Å². The molecule has 0 radical (unpaired) electrons. The van der Waals surface area contributed by atoms with E-state index in [4.69, 9.17) is 0 Å². The lowest BCUT2D eigenvalue weighted by Crippen LogP contribution is -1.73. The van der Waals surface area contributed by atoms with E-state index in [-0.39, 0.29) is 0 Å². The van der Waals surface area contributed by atoms with Crippen LogP contribution in [-0.4, -0.2) is 5.33 Å². The van der Waals surface area contributed by atoms with E-state index in [9.17, 15) is 0 Å². The van der Waals surface area contributed by atoms with Gasteiger partial charge in [-0.05, 0) is 27.2 Å². The molecule has 0 spiro atoms. The summed E-state index contributed by atoms with van der Waals surface area (Å²) in [7, 11) is 0. The van der Waals surface area contributed by atoms with Gasteiger partial charge in [0.1, 0.15) is 0 Å². The van der Waals surface area contributed by atoms with Crippen LogP contribution in [0.25, 0.3) is 0 Å². The van der Waals surface area contributed by atoms with Gasteiger partial charge in [0.2, 0.25) is 0 Å². The van der Waals surface area contributed by atoms with Gasteiger partial charge in [-0.2, -0.15) is 0 Å². The molecular weight excluding hydrogens is 188 g/mol. The zero-order chi connectivity index (χ0) is 7.98. The summed E-state index contributed by atoms with van der Waals surface area (Å²) in [5.74, 6) is 0. The summed E-state index contributed by atoms with van der Waals surface area (Å²) >= 11 is 3.38. The Balaban J connectivity index is 3.82. The summed E-state index contributed by atoms with van der Waals surface area (Å²) in [5.41, 5.74) is 2.72. The Morgan fingerprint density at radius 2 is 1.90 bits per heavy atom. The third kappa shape index (κ3) is 6.09. The molecular formula is C9H15Br. The van der Waals surface area contributed by atoms with E-state index in [0.717, 1.165) is 11.8 Å². The molecule has 0 aromatic heterocycles. The first kappa shape index (κ1) is 9.96. The molecule has 0 aliphatic heterocycles. The number of rotatable bonds is 3. The van der Waals surface area contributed by atoms with Crippen LogP contribution < -0.4 is 0 Å². The van der Waals surface area contributed by atoms with Crippen LogP contribution >= 0.6 is 15.9 Å². The van der Waals surface area contributed by atoms with Crippen molar-refractivity contribution in [2.24, 2.45) is 0 Å². The molecule has 0 nitrogen and oxygen atoms in total. The van der Waals surface area contributed by atoms with Crippen LogP contribution in [0.5, 0.6) is 0 Å². The van der Waals surface area contributed by atoms with Gasteiger partial charge in [0.15, 0.2) is 0 Å². The molecule has 10 heavy (non-hydrogen) atoms. The third-order valence-electron chi connectivity index (χ3n) is 1.09.